The number of rotatable bonds is 8. The number of imidazole rings is 2. The Hall–Kier alpha value is -2.16. The molecule has 1 radical (unpaired) electrons. The first kappa shape index (κ1) is 31.9. The fourth-order valence-corrected chi connectivity index (χ4v) is 3.85. The van der Waals surface area contributed by atoms with Gasteiger partial charge >= 0.3 is 17.1 Å². The van der Waals surface area contributed by atoms with Gasteiger partial charge in [-0.2, -0.15) is 0 Å². The van der Waals surface area contributed by atoms with E-state index in [9.17, 15) is 0 Å². The summed E-state index contributed by atoms with van der Waals surface area (Å²) in [6.07, 6.45) is 0. The van der Waals surface area contributed by atoms with Crippen LogP contribution in [0.4, 0.5) is 0 Å². The van der Waals surface area contributed by atoms with E-state index in [-0.39, 0.29) is 54.3 Å². The first-order valence-corrected chi connectivity index (χ1v) is 10.8. The first-order valence-electron chi connectivity index (χ1n) is 10.8. The van der Waals surface area contributed by atoms with Crippen LogP contribution in [0.3, 0.4) is 0 Å². The second kappa shape index (κ2) is 14.5. The summed E-state index contributed by atoms with van der Waals surface area (Å²) in [4.78, 5) is 14.7. The van der Waals surface area contributed by atoms with Crippen molar-refractivity contribution in [3.63, 3.8) is 0 Å². The van der Waals surface area contributed by atoms with E-state index in [1.807, 2.05) is 68.4 Å². The molecule has 0 N–H and O–H groups in total. The third-order valence-electron chi connectivity index (χ3n) is 5.37. The summed E-state index contributed by atoms with van der Waals surface area (Å²) in [5.74, 6) is 1.54. The Kier molecular flexibility index (Phi) is 12.9. The summed E-state index contributed by atoms with van der Waals surface area (Å²) in [6, 6.07) is 22.1. The molecule has 0 saturated carbocycles. The van der Waals surface area contributed by atoms with Crippen molar-refractivity contribution < 1.29 is 63.8 Å². The zero-order valence-corrected chi connectivity index (χ0v) is 23.1. The van der Waals surface area contributed by atoms with Crippen molar-refractivity contribution in [1.82, 2.24) is 24.1 Å². The SMILES string of the molecule is CCOCn1c(-c2cccc(-c3nc4ccccc4n3COCC)n2)nc2ccccc21.[Cl-].[Cl-].[Cl-].[Fe+3]. The van der Waals surface area contributed by atoms with Crippen molar-refractivity contribution >= 4 is 22.1 Å². The predicted octanol–water partition coefficient (Wildman–Crippen LogP) is -3.89. The summed E-state index contributed by atoms with van der Waals surface area (Å²) in [7, 11) is 0. The van der Waals surface area contributed by atoms with Crippen molar-refractivity contribution in [3.8, 4) is 23.0 Å². The molecule has 0 atom stereocenters. The van der Waals surface area contributed by atoms with E-state index in [1.54, 1.807) is 0 Å². The van der Waals surface area contributed by atoms with Crippen LogP contribution in [0.1, 0.15) is 13.8 Å². The summed E-state index contributed by atoms with van der Waals surface area (Å²) < 4.78 is 15.6. The van der Waals surface area contributed by atoms with Gasteiger partial charge < -0.3 is 46.7 Å². The standard InChI is InChI=1S/C25H25N5O2.3ClH.Fe/c1-3-31-16-29-22-14-7-5-10-18(22)27-24(29)20-12-9-13-21(26-20)25-28-19-11-6-8-15-23(19)30(25)17-32-4-2;;;;/h5-15H,3-4,16-17H2,1-2H3;3*1H;/q;;;;+3/p-3. The fourth-order valence-electron chi connectivity index (χ4n) is 3.85. The Morgan fingerprint density at radius 3 is 1.42 bits per heavy atom. The van der Waals surface area contributed by atoms with Gasteiger partial charge in [0.15, 0.2) is 11.6 Å². The zero-order chi connectivity index (χ0) is 21.9. The Morgan fingerprint density at radius 2 is 1.00 bits per heavy atom. The minimum atomic E-state index is 0. The molecule has 7 nitrogen and oxygen atoms in total. The minimum absolute atomic E-state index is 0. The van der Waals surface area contributed by atoms with E-state index >= 15 is 0 Å². The molecule has 0 aliphatic rings. The third kappa shape index (κ3) is 6.21. The molecule has 5 aromatic rings. The van der Waals surface area contributed by atoms with Crippen LogP contribution >= 0.6 is 0 Å². The van der Waals surface area contributed by atoms with Gasteiger partial charge in [0.2, 0.25) is 0 Å². The normalized spacial score (nSPS) is 10.3. The Labute approximate surface area is 239 Å². The average molecular weight is 590 g/mol. The van der Waals surface area contributed by atoms with Gasteiger partial charge in [0.1, 0.15) is 24.8 Å². The largest absolute Gasteiger partial charge is 3.00 e. The molecule has 3 heterocycles. The molecule has 0 aliphatic heterocycles. The maximum absolute atomic E-state index is 5.73. The molecule has 0 aliphatic carbocycles. The van der Waals surface area contributed by atoms with Crippen molar-refractivity contribution in [1.29, 1.82) is 0 Å². The molecule has 0 bridgehead atoms. The number of hydrogen-bond donors (Lipinski definition) is 0. The van der Waals surface area contributed by atoms with Crippen LogP contribution in [-0.4, -0.2) is 37.3 Å². The third-order valence-corrected chi connectivity index (χ3v) is 5.37. The number of aromatic nitrogens is 5. The molecule has 0 spiro atoms. The number of para-hydroxylation sites is 4. The smallest absolute Gasteiger partial charge is 1.00 e. The maximum atomic E-state index is 5.73. The van der Waals surface area contributed by atoms with Crippen LogP contribution < -0.4 is 37.2 Å². The van der Waals surface area contributed by atoms with Gasteiger partial charge in [-0.1, -0.05) is 30.3 Å². The van der Waals surface area contributed by atoms with E-state index in [0.29, 0.717) is 26.7 Å². The molecule has 5 rings (SSSR count). The molecule has 0 saturated heterocycles. The van der Waals surface area contributed by atoms with E-state index < -0.39 is 0 Å². The van der Waals surface area contributed by atoms with Crippen molar-refractivity contribution in [3.05, 3.63) is 66.7 Å². The second-order valence-electron chi connectivity index (χ2n) is 7.36. The molecule has 0 fully saturated rings. The molecule has 11 heteroatoms. The second-order valence-corrected chi connectivity index (χ2v) is 7.36. The Morgan fingerprint density at radius 1 is 0.583 bits per heavy atom. The van der Waals surface area contributed by atoms with E-state index in [4.69, 9.17) is 24.4 Å². The number of fused-ring (bicyclic) bond motifs is 2. The van der Waals surface area contributed by atoms with Gasteiger partial charge in [0, 0.05) is 13.2 Å². The summed E-state index contributed by atoms with van der Waals surface area (Å²) in [5.41, 5.74) is 5.41. The molecular weight excluding hydrogens is 565 g/mol. The number of nitrogens with zero attached hydrogens (tertiary/aromatic N) is 5. The fraction of sp³-hybridized carbons (Fsp3) is 0.240. The molecule has 36 heavy (non-hydrogen) atoms. The molecule has 0 unspecified atom stereocenters. The van der Waals surface area contributed by atoms with E-state index in [1.165, 1.54) is 0 Å². The Bertz CT molecular complexity index is 1290. The Balaban J connectivity index is 0.00000162. The van der Waals surface area contributed by atoms with Crippen LogP contribution in [0.25, 0.3) is 45.1 Å². The average Bonchev–Trinajstić information content (AvgIpc) is 3.40. The number of pyridine rings is 1. The van der Waals surface area contributed by atoms with Gasteiger partial charge in [-0.15, -0.1) is 0 Å². The van der Waals surface area contributed by atoms with Gasteiger partial charge in [-0.25, -0.2) is 15.0 Å². The number of hydrogen-bond acceptors (Lipinski definition) is 5. The maximum Gasteiger partial charge on any atom is 3.00 e. The van der Waals surface area contributed by atoms with Crippen molar-refractivity contribution in [2.45, 2.75) is 27.3 Å². The monoisotopic (exact) mass is 588 g/mol. The summed E-state index contributed by atoms with van der Waals surface area (Å²) in [5, 5.41) is 0. The molecule has 3 aromatic heterocycles. The van der Waals surface area contributed by atoms with Crippen LogP contribution in [-0.2, 0) is 40.0 Å². The molecule has 191 valence electrons. The van der Waals surface area contributed by atoms with Crippen LogP contribution in [0.15, 0.2) is 66.7 Å². The van der Waals surface area contributed by atoms with E-state index in [0.717, 1.165) is 45.1 Å². The van der Waals surface area contributed by atoms with Gasteiger partial charge in [0.25, 0.3) is 0 Å². The topological polar surface area (TPSA) is 67.0 Å². The van der Waals surface area contributed by atoms with Gasteiger partial charge in [-0.05, 0) is 50.2 Å². The molecular formula is C25H25Cl3FeN5O2. The van der Waals surface area contributed by atoms with Gasteiger partial charge in [-0.3, -0.25) is 9.13 Å². The zero-order valence-electron chi connectivity index (χ0n) is 19.7. The minimum Gasteiger partial charge on any atom is -1.00 e. The number of halogens is 3. The summed E-state index contributed by atoms with van der Waals surface area (Å²) >= 11 is 0. The first-order chi connectivity index (χ1) is 15.8. The molecule has 2 aromatic carbocycles. The molecule has 0 amide bonds. The quantitative estimate of drug-likeness (QED) is 0.173. The predicted molar refractivity (Wildman–Crippen MR) is 125 cm³/mol. The van der Waals surface area contributed by atoms with Gasteiger partial charge in [0.05, 0.1) is 22.1 Å². The van der Waals surface area contributed by atoms with Crippen molar-refractivity contribution in [2.24, 2.45) is 0 Å². The number of ether oxygens (including phenoxy) is 2. The van der Waals surface area contributed by atoms with Crippen LogP contribution in [0.5, 0.6) is 0 Å². The number of benzene rings is 2. The summed E-state index contributed by atoms with van der Waals surface area (Å²) in [6.45, 7) is 6.06. The van der Waals surface area contributed by atoms with Crippen LogP contribution in [0.2, 0.25) is 0 Å². The van der Waals surface area contributed by atoms with E-state index in [2.05, 4.69) is 21.3 Å². The van der Waals surface area contributed by atoms with Crippen LogP contribution in [0, 0.1) is 0 Å². The van der Waals surface area contributed by atoms with Crippen molar-refractivity contribution in [2.75, 3.05) is 13.2 Å².